The molecule has 1 aromatic carbocycles. The molecule has 1 saturated carbocycles. The molecule has 1 fully saturated rings. The number of methoxy groups -OCH3 is 1. The number of anilines is 1. The number of rotatable bonds is 5. The molecule has 5 heteroatoms. The molecule has 0 aliphatic heterocycles. The normalized spacial score (nSPS) is 23.3. The molecule has 1 aliphatic rings. The van der Waals surface area contributed by atoms with Gasteiger partial charge in [0.15, 0.2) is 0 Å². The third kappa shape index (κ3) is 4.03. The smallest absolute Gasteiger partial charge is 0.142 e. The Hall–Kier alpha value is -0.910. The molecule has 106 valence electrons. The molecule has 0 atom stereocenters. The fourth-order valence-electron chi connectivity index (χ4n) is 2.38. The number of nitrogens with one attached hydrogen (secondary N) is 1. The van der Waals surface area contributed by atoms with Crippen LogP contribution >= 0.6 is 11.9 Å². The predicted octanol–water partition coefficient (Wildman–Crippen LogP) is 2.83. The summed E-state index contributed by atoms with van der Waals surface area (Å²) in [6, 6.07) is 5.92. The topological polar surface area (TPSA) is 56.5 Å². The molecule has 1 aliphatic carbocycles. The van der Waals surface area contributed by atoms with Crippen LogP contribution in [0.3, 0.4) is 0 Å². The Labute approximate surface area is 119 Å². The van der Waals surface area contributed by atoms with E-state index < -0.39 is 0 Å². The van der Waals surface area contributed by atoms with E-state index in [1.165, 1.54) is 0 Å². The first-order valence-electron chi connectivity index (χ1n) is 6.65. The van der Waals surface area contributed by atoms with Crippen LogP contribution < -0.4 is 15.2 Å². The van der Waals surface area contributed by atoms with Gasteiger partial charge in [-0.15, -0.1) is 0 Å². The summed E-state index contributed by atoms with van der Waals surface area (Å²) in [5.74, 6) is 0.793. The largest absolute Gasteiger partial charge is 0.488 e. The van der Waals surface area contributed by atoms with E-state index in [2.05, 4.69) is 4.72 Å². The second-order valence-electron chi connectivity index (χ2n) is 4.76. The van der Waals surface area contributed by atoms with E-state index in [1.807, 2.05) is 25.2 Å². The number of nitrogens with two attached hydrogens (primary N) is 1. The minimum Gasteiger partial charge on any atom is -0.488 e. The Morgan fingerprint density at radius 3 is 2.47 bits per heavy atom. The van der Waals surface area contributed by atoms with Crippen molar-refractivity contribution in [1.29, 1.82) is 0 Å². The van der Waals surface area contributed by atoms with Crippen molar-refractivity contribution in [2.24, 2.45) is 0 Å². The van der Waals surface area contributed by atoms with Gasteiger partial charge in [0.25, 0.3) is 0 Å². The molecule has 1 aromatic rings. The van der Waals surface area contributed by atoms with Crippen LogP contribution in [0.2, 0.25) is 0 Å². The first-order valence-corrected chi connectivity index (χ1v) is 7.47. The van der Waals surface area contributed by atoms with Gasteiger partial charge >= 0.3 is 0 Å². The fourth-order valence-corrected chi connectivity index (χ4v) is 2.94. The van der Waals surface area contributed by atoms with Crippen LogP contribution in [0.15, 0.2) is 23.1 Å². The maximum absolute atomic E-state index is 6.03. The minimum atomic E-state index is 0.261. The third-order valence-electron chi connectivity index (χ3n) is 3.45. The first kappa shape index (κ1) is 14.5. The number of nitrogen functional groups attached to an aromatic ring is 1. The molecule has 0 aromatic heterocycles. The summed E-state index contributed by atoms with van der Waals surface area (Å²) in [7, 11) is 3.67. The van der Waals surface area contributed by atoms with Gasteiger partial charge in [-0.05, 0) is 62.9 Å². The lowest BCUT2D eigenvalue weighted by atomic mass is 9.95. The summed E-state index contributed by atoms with van der Waals surface area (Å²) < 4.78 is 14.4. The number of ether oxygens (including phenoxy) is 2. The van der Waals surface area contributed by atoms with Crippen LogP contribution in [-0.2, 0) is 4.74 Å². The highest BCUT2D eigenvalue weighted by atomic mass is 32.2. The minimum absolute atomic E-state index is 0.261. The average Bonchev–Trinajstić information content (AvgIpc) is 2.43. The zero-order chi connectivity index (χ0) is 13.7. The van der Waals surface area contributed by atoms with E-state index in [-0.39, 0.29) is 6.10 Å². The predicted molar refractivity (Wildman–Crippen MR) is 79.5 cm³/mol. The van der Waals surface area contributed by atoms with Crippen LogP contribution in [0.4, 0.5) is 5.69 Å². The van der Waals surface area contributed by atoms with Gasteiger partial charge in [-0.1, -0.05) is 0 Å². The van der Waals surface area contributed by atoms with Crippen LogP contribution in [0.1, 0.15) is 25.7 Å². The van der Waals surface area contributed by atoms with Crippen LogP contribution in [0.5, 0.6) is 5.75 Å². The Kier molecular flexibility index (Phi) is 5.36. The van der Waals surface area contributed by atoms with E-state index >= 15 is 0 Å². The molecule has 19 heavy (non-hydrogen) atoms. The highest BCUT2D eigenvalue weighted by molar-refractivity contribution is 7.97. The van der Waals surface area contributed by atoms with Crippen molar-refractivity contribution in [3.63, 3.8) is 0 Å². The second-order valence-corrected chi connectivity index (χ2v) is 5.84. The van der Waals surface area contributed by atoms with E-state index in [1.54, 1.807) is 19.1 Å². The summed E-state index contributed by atoms with van der Waals surface area (Å²) >= 11 is 1.55. The molecule has 3 N–H and O–H groups in total. The SMILES string of the molecule is CNSc1ccc(OC2CCC(OC)CC2)c(N)c1. The number of benzene rings is 1. The maximum atomic E-state index is 6.03. The van der Waals surface area contributed by atoms with E-state index in [0.717, 1.165) is 36.3 Å². The van der Waals surface area contributed by atoms with E-state index in [0.29, 0.717) is 11.8 Å². The number of hydrogen-bond acceptors (Lipinski definition) is 5. The second kappa shape index (κ2) is 7.03. The highest BCUT2D eigenvalue weighted by Gasteiger charge is 2.22. The zero-order valence-electron chi connectivity index (χ0n) is 11.5. The monoisotopic (exact) mass is 282 g/mol. The van der Waals surface area contributed by atoms with Crippen molar-refractivity contribution < 1.29 is 9.47 Å². The molecule has 0 saturated heterocycles. The van der Waals surface area contributed by atoms with Crippen LogP contribution in [0.25, 0.3) is 0 Å². The van der Waals surface area contributed by atoms with E-state index in [4.69, 9.17) is 15.2 Å². The fraction of sp³-hybridized carbons (Fsp3) is 0.571. The third-order valence-corrected chi connectivity index (χ3v) is 4.14. The summed E-state index contributed by atoms with van der Waals surface area (Å²) in [6.07, 6.45) is 4.85. The van der Waals surface area contributed by atoms with Gasteiger partial charge in [0.05, 0.1) is 17.9 Å². The highest BCUT2D eigenvalue weighted by Crippen LogP contribution is 2.30. The standard InChI is InChI=1S/C14H22N2O2S/c1-16-19-12-7-8-14(13(15)9-12)18-11-5-3-10(17-2)4-6-11/h7-11,16H,3-6,15H2,1-2H3. The molecule has 0 bridgehead atoms. The molecule has 0 amide bonds. The Bertz CT molecular complexity index is 406. The average molecular weight is 282 g/mol. The summed E-state index contributed by atoms with van der Waals surface area (Å²) in [5.41, 5.74) is 6.73. The van der Waals surface area contributed by atoms with Crippen molar-refractivity contribution in [2.75, 3.05) is 19.9 Å². The summed E-state index contributed by atoms with van der Waals surface area (Å²) in [5, 5.41) is 0. The molecule has 0 spiro atoms. The summed E-state index contributed by atoms with van der Waals surface area (Å²) in [4.78, 5) is 1.09. The van der Waals surface area contributed by atoms with Crippen LogP contribution in [0, 0.1) is 0 Å². The van der Waals surface area contributed by atoms with Gasteiger partial charge in [-0.2, -0.15) is 0 Å². The van der Waals surface area contributed by atoms with Gasteiger partial charge in [0.2, 0.25) is 0 Å². The molecule has 4 nitrogen and oxygen atoms in total. The lowest BCUT2D eigenvalue weighted by Gasteiger charge is -2.28. The number of hydrogen-bond donors (Lipinski definition) is 2. The quantitative estimate of drug-likeness (QED) is 0.642. The lowest BCUT2D eigenvalue weighted by Crippen LogP contribution is -2.27. The molecule has 2 rings (SSSR count). The van der Waals surface area contributed by atoms with Crippen molar-refractivity contribution >= 4 is 17.6 Å². The summed E-state index contributed by atoms with van der Waals surface area (Å²) in [6.45, 7) is 0. The van der Waals surface area contributed by atoms with Gasteiger partial charge in [0.1, 0.15) is 5.75 Å². The molecular formula is C14H22N2O2S. The Morgan fingerprint density at radius 1 is 1.21 bits per heavy atom. The van der Waals surface area contributed by atoms with Gasteiger partial charge < -0.3 is 15.2 Å². The maximum Gasteiger partial charge on any atom is 0.142 e. The molecule has 0 unspecified atom stereocenters. The Morgan fingerprint density at radius 2 is 1.89 bits per heavy atom. The van der Waals surface area contributed by atoms with Crippen LogP contribution in [-0.4, -0.2) is 26.4 Å². The van der Waals surface area contributed by atoms with Crippen molar-refractivity contribution in [3.8, 4) is 5.75 Å². The zero-order valence-corrected chi connectivity index (χ0v) is 12.3. The Balaban J connectivity index is 1.92. The first-order chi connectivity index (χ1) is 9.22. The van der Waals surface area contributed by atoms with Crippen molar-refractivity contribution in [2.45, 2.75) is 42.8 Å². The van der Waals surface area contributed by atoms with Crippen molar-refractivity contribution in [1.82, 2.24) is 4.72 Å². The van der Waals surface area contributed by atoms with E-state index in [9.17, 15) is 0 Å². The molecular weight excluding hydrogens is 260 g/mol. The van der Waals surface area contributed by atoms with Gasteiger partial charge in [-0.25, -0.2) is 0 Å². The van der Waals surface area contributed by atoms with Crippen molar-refractivity contribution in [3.05, 3.63) is 18.2 Å². The van der Waals surface area contributed by atoms with Gasteiger partial charge in [-0.3, -0.25) is 4.72 Å². The molecule has 0 heterocycles. The molecule has 0 radical (unpaired) electrons. The lowest BCUT2D eigenvalue weighted by molar-refractivity contribution is 0.0329. The van der Waals surface area contributed by atoms with Gasteiger partial charge in [0, 0.05) is 12.0 Å².